The van der Waals surface area contributed by atoms with Crippen molar-refractivity contribution < 1.29 is 9.21 Å². The second-order valence-corrected chi connectivity index (χ2v) is 7.64. The van der Waals surface area contributed by atoms with Crippen molar-refractivity contribution in [2.45, 2.75) is 5.16 Å². The number of benzene rings is 3. The summed E-state index contributed by atoms with van der Waals surface area (Å²) in [5.74, 6) is 1.54. The molecule has 0 radical (unpaired) electrons. The molecule has 2 aromatic heterocycles. The van der Waals surface area contributed by atoms with Gasteiger partial charge in [0, 0.05) is 11.3 Å². The first-order valence-corrected chi connectivity index (χ1v) is 10.5. The summed E-state index contributed by atoms with van der Waals surface area (Å²) >= 11 is 1.37. The molecule has 0 spiro atoms. The van der Waals surface area contributed by atoms with Crippen molar-refractivity contribution in [3.63, 3.8) is 0 Å². The highest BCUT2D eigenvalue weighted by Gasteiger charge is 2.19. The van der Waals surface area contributed by atoms with Gasteiger partial charge in [-0.2, -0.15) is 0 Å². The van der Waals surface area contributed by atoms with Crippen LogP contribution in [0.4, 0.5) is 0 Å². The van der Waals surface area contributed by atoms with Crippen LogP contribution in [0.3, 0.4) is 0 Å². The van der Waals surface area contributed by atoms with Crippen LogP contribution in [0.1, 0.15) is 10.4 Å². The van der Waals surface area contributed by atoms with Crippen molar-refractivity contribution in [2.24, 2.45) is 0 Å². The summed E-state index contributed by atoms with van der Waals surface area (Å²) < 4.78 is 7.46. The number of aromatic nitrogens is 3. The van der Waals surface area contributed by atoms with E-state index in [1.54, 1.807) is 6.26 Å². The van der Waals surface area contributed by atoms with Crippen LogP contribution in [0.5, 0.6) is 0 Å². The van der Waals surface area contributed by atoms with E-state index in [0.29, 0.717) is 16.7 Å². The first kappa shape index (κ1) is 18.4. The maximum absolute atomic E-state index is 13.0. The fourth-order valence-corrected chi connectivity index (χ4v) is 4.25. The molecule has 0 aliphatic carbocycles. The molecule has 0 aliphatic rings. The van der Waals surface area contributed by atoms with E-state index >= 15 is 0 Å². The van der Waals surface area contributed by atoms with Crippen LogP contribution < -0.4 is 0 Å². The van der Waals surface area contributed by atoms with Crippen molar-refractivity contribution >= 4 is 28.3 Å². The van der Waals surface area contributed by atoms with Crippen molar-refractivity contribution in [1.29, 1.82) is 0 Å². The minimum Gasteiger partial charge on any atom is -0.461 e. The van der Waals surface area contributed by atoms with E-state index in [4.69, 9.17) is 4.42 Å². The monoisotopic (exact) mass is 411 g/mol. The zero-order valence-electron chi connectivity index (χ0n) is 15.9. The Morgan fingerprint density at radius 3 is 2.50 bits per heavy atom. The molecule has 5 nitrogen and oxygen atoms in total. The Morgan fingerprint density at radius 2 is 1.67 bits per heavy atom. The predicted octanol–water partition coefficient (Wildman–Crippen LogP) is 5.66. The van der Waals surface area contributed by atoms with Crippen molar-refractivity contribution in [3.8, 4) is 17.3 Å². The van der Waals surface area contributed by atoms with Gasteiger partial charge in [-0.15, -0.1) is 10.2 Å². The topological polar surface area (TPSA) is 60.9 Å². The Bertz CT molecular complexity index is 1310. The van der Waals surface area contributed by atoms with Gasteiger partial charge in [-0.1, -0.05) is 72.4 Å². The molecule has 0 fully saturated rings. The fraction of sp³-hybridized carbons (Fsp3) is 0.0417. The Kier molecular flexibility index (Phi) is 4.91. The highest BCUT2D eigenvalue weighted by Crippen LogP contribution is 2.29. The molecule has 0 unspecified atom stereocenters. The van der Waals surface area contributed by atoms with Gasteiger partial charge in [0.2, 0.25) is 5.82 Å². The van der Waals surface area contributed by atoms with Gasteiger partial charge in [0.05, 0.1) is 12.0 Å². The summed E-state index contributed by atoms with van der Waals surface area (Å²) in [6, 6.07) is 27.2. The number of rotatable bonds is 6. The summed E-state index contributed by atoms with van der Waals surface area (Å²) in [4.78, 5) is 13.0. The number of furan rings is 1. The lowest BCUT2D eigenvalue weighted by molar-refractivity contribution is 0.102. The van der Waals surface area contributed by atoms with E-state index < -0.39 is 0 Å². The highest BCUT2D eigenvalue weighted by atomic mass is 32.2. The molecule has 30 heavy (non-hydrogen) atoms. The number of thioether (sulfide) groups is 1. The first-order valence-electron chi connectivity index (χ1n) is 9.50. The number of carbonyl (C=O) groups excluding carboxylic acids is 1. The number of nitrogens with zero attached hydrogens (tertiary/aromatic N) is 3. The lowest BCUT2D eigenvalue weighted by Gasteiger charge is -2.09. The summed E-state index contributed by atoms with van der Waals surface area (Å²) in [5, 5.41) is 11.3. The van der Waals surface area contributed by atoms with Crippen molar-refractivity contribution in [3.05, 3.63) is 96.8 Å². The van der Waals surface area contributed by atoms with Crippen LogP contribution in [-0.4, -0.2) is 26.3 Å². The minimum absolute atomic E-state index is 0.0546. The van der Waals surface area contributed by atoms with Crippen LogP contribution >= 0.6 is 11.8 Å². The quantitative estimate of drug-likeness (QED) is 0.267. The van der Waals surface area contributed by atoms with E-state index in [-0.39, 0.29) is 11.5 Å². The van der Waals surface area contributed by atoms with Gasteiger partial charge >= 0.3 is 0 Å². The number of fused-ring (bicyclic) bond motifs is 1. The second kappa shape index (κ2) is 8.00. The molecule has 0 atom stereocenters. The first-order chi connectivity index (χ1) is 14.8. The Hall–Kier alpha value is -3.64. The number of Topliss-reactive ketones (excluding diaryl/α,β-unsaturated/α-hetero) is 1. The maximum atomic E-state index is 13.0. The maximum Gasteiger partial charge on any atom is 0.205 e. The smallest absolute Gasteiger partial charge is 0.205 e. The van der Waals surface area contributed by atoms with Gasteiger partial charge in [0.15, 0.2) is 16.7 Å². The van der Waals surface area contributed by atoms with Crippen LogP contribution in [0, 0.1) is 0 Å². The fourth-order valence-electron chi connectivity index (χ4n) is 3.42. The molecule has 3 aromatic carbocycles. The Morgan fingerprint density at radius 1 is 0.867 bits per heavy atom. The van der Waals surface area contributed by atoms with Crippen LogP contribution in [0.15, 0.2) is 101 Å². The van der Waals surface area contributed by atoms with Gasteiger partial charge in [0.1, 0.15) is 0 Å². The van der Waals surface area contributed by atoms with Crippen LogP contribution in [0.2, 0.25) is 0 Å². The molecule has 6 heteroatoms. The number of ketones is 1. The van der Waals surface area contributed by atoms with E-state index in [0.717, 1.165) is 22.0 Å². The minimum atomic E-state index is 0.0546. The molecule has 0 aliphatic heterocycles. The summed E-state index contributed by atoms with van der Waals surface area (Å²) in [5.41, 5.74) is 1.63. The third-order valence-electron chi connectivity index (χ3n) is 4.81. The molecule has 0 bridgehead atoms. The van der Waals surface area contributed by atoms with Crippen LogP contribution in [-0.2, 0) is 0 Å². The zero-order chi connectivity index (χ0) is 20.3. The van der Waals surface area contributed by atoms with Gasteiger partial charge in [-0.25, -0.2) is 0 Å². The molecule has 0 amide bonds. The summed E-state index contributed by atoms with van der Waals surface area (Å²) in [7, 11) is 0. The zero-order valence-corrected chi connectivity index (χ0v) is 16.8. The molecule has 0 saturated heterocycles. The second-order valence-electron chi connectivity index (χ2n) is 6.69. The van der Waals surface area contributed by atoms with E-state index in [9.17, 15) is 4.79 Å². The van der Waals surface area contributed by atoms with Crippen molar-refractivity contribution in [1.82, 2.24) is 14.8 Å². The third kappa shape index (κ3) is 3.42. The summed E-state index contributed by atoms with van der Waals surface area (Å²) in [6.45, 7) is 0. The van der Waals surface area contributed by atoms with E-state index in [1.807, 2.05) is 89.5 Å². The molecule has 2 heterocycles. The van der Waals surface area contributed by atoms with Gasteiger partial charge < -0.3 is 4.42 Å². The molecular formula is C24H17N3O2S. The molecule has 0 N–H and O–H groups in total. The average Bonchev–Trinajstić information content (AvgIpc) is 3.47. The van der Waals surface area contributed by atoms with Gasteiger partial charge in [0.25, 0.3) is 0 Å². The normalized spacial score (nSPS) is 11.1. The van der Waals surface area contributed by atoms with Crippen molar-refractivity contribution in [2.75, 3.05) is 5.75 Å². The molecule has 146 valence electrons. The number of carbonyl (C=O) groups is 1. The van der Waals surface area contributed by atoms with Gasteiger partial charge in [-0.05, 0) is 35.0 Å². The standard InChI is InChI=1S/C24H17N3O2S/c28-21(20-13-6-9-17-8-4-5-12-19(17)20)16-30-24-26-25-23(22-14-7-15-29-22)27(24)18-10-2-1-3-11-18/h1-15H,16H2. The lowest BCUT2D eigenvalue weighted by atomic mass is 10.0. The largest absolute Gasteiger partial charge is 0.461 e. The van der Waals surface area contributed by atoms with Gasteiger partial charge in [-0.3, -0.25) is 9.36 Å². The SMILES string of the molecule is O=C(CSc1nnc(-c2ccco2)n1-c1ccccc1)c1cccc2ccccc12. The number of hydrogen-bond acceptors (Lipinski definition) is 5. The molecule has 0 saturated carbocycles. The highest BCUT2D eigenvalue weighted by molar-refractivity contribution is 7.99. The predicted molar refractivity (Wildman–Crippen MR) is 118 cm³/mol. The number of para-hydroxylation sites is 1. The number of hydrogen-bond donors (Lipinski definition) is 0. The third-order valence-corrected chi connectivity index (χ3v) is 5.74. The Labute approximate surface area is 177 Å². The average molecular weight is 411 g/mol. The summed E-state index contributed by atoms with van der Waals surface area (Å²) in [6.07, 6.45) is 1.61. The Balaban J connectivity index is 1.47. The van der Waals surface area contributed by atoms with E-state index in [2.05, 4.69) is 10.2 Å². The van der Waals surface area contributed by atoms with E-state index in [1.165, 1.54) is 11.8 Å². The lowest BCUT2D eigenvalue weighted by Crippen LogP contribution is -2.05. The molecule has 5 rings (SSSR count). The molecular weight excluding hydrogens is 394 g/mol. The molecule has 5 aromatic rings. The van der Waals surface area contributed by atoms with Crippen LogP contribution in [0.25, 0.3) is 28.0 Å².